The quantitative estimate of drug-likeness (QED) is 0.547. The molecule has 0 bridgehead atoms. The van der Waals surface area contributed by atoms with E-state index in [4.69, 9.17) is 9.47 Å². The van der Waals surface area contributed by atoms with Crippen LogP contribution in [0, 0.1) is 6.92 Å². The van der Waals surface area contributed by atoms with Crippen LogP contribution in [0.4, 0.5) is 5.95 Å². The first kappa shape index (κ1) is 15.3. The van der Waals surface area contributed by atoms with Gasteiger partial charge in [0.1, 0.15) is 5.69 Å². The molecule has 3 N–H and O–H groups in total. The molecule has 2 rings (SSSR count). The average Bonchev–Trinajstić information content (AvgIpc) is 2.52. The maximum absolute atomic E-state index is 11.4. The van der Waals surface area contributed by atoms with E-state index in [1.54, 1.807) is 19.1 Å². The van der Waals surface area contributed by atoms with Crippen molar-refractivity contribution in [2.75, 3.05) is 19.6 Å². The van der Waals surface area contributed by atoms with Gasteiger partial charge in [-0.2, -0.15) is 5.10 Å². The van der Waals surface area contributed by atoms with Gasteiger partial charge < -0.3 is 14.6 Å². The zero-order valence-electron chi connectivity index (χ0n) is 12.2. The average molecular weight is 305 g/mol. The fraction of sp³-hybridized carbons (Fsp3) is 0.231. The zero-order valence-corrected chi connectivity index (χ0v) is 12.2. The van der Waals surface area contributed by atoms with E-state index in [1.165, 1.54) is 20.4 Å². The molecular weight excluding hydrogens is 290 g/mol. The van der Waals surface area contributed by atoms with Crippen molar-refractivity contribution >= 4 is 12.2 Å². The number of nitrogens with one attached hydrogen (secondary N) is 2. The van der Waals surface area contributed by atoms with Crippen LogP contribution < -0.4 is 20.5 Å². The van der Waals surface area contributed by atoms with E-state index < -0.39 is 0 Å². The molecule has 0 amide bonds. The minimum atomic E-state index is -0.347. The van der Waals surface area contributed by atoms with Crippen LogP contribution in [0.15, 0.2) is 22.0 Å². The topological polar surface area (TPSA) is 122 Å². The summed E-state index contributed by atoms with van der Waals surface area (Å²) < 4.78 is 10.1. The molecule has 0 radical (unpaired) electrons. The fourth-order valence-electron chi connectivity index (χ4n) is 1.60. The Labute approximate surface area is 125 Å². The Morgan fingerprint density at radius 2 is 1.91 bits per heavy atom. The summed E-state index contributed by atoms with van der Waals surface area (Å²) in [6.07, 6.45) is 1.45. The zero-order chi connectivity index (χ0) is 16.1. The lowest BCUT2D eigenvalue weighted by Gasteiger charge is -2.09. The van der Waals surface area contributed by atoms with Gasteiger partial charge in [-0.15, -0.1) is 10.2 Å². The second-order valence-electron chi connectivity index (χ2n) is 4.23. The first-order chi connectivity index (χ1) is 10.5. The van der Waals surface area contributed by atoms with E-state index in [-0.39, 0.29) is 34.5 Å². The summed E-state index contributed by atoms with van der Waals surface area (Å²) >= 11 is 0. The van der Waals surface area contributed by atoms with Crippen LogP contribution in [0.2, 0.25) is 0 Å². The number of aromatic nitrogens is 3. The van der Waals surface area contributed by atoms with Crippen LogP contribution in [-0.4, -0.2) is 40.7 Å². The van der Waals surface area contributed by atoms with Gasteiger partial charge in [-0.05, 0) is 19.1 Å². The summed E-state index contributed by atoms with van der Waals surface area (Å²) in [5.41, 5.74) is 3.08. The number of nitrogens with zero attached hydrogens (tertiary/aromatic N) is 3. The summed E-state index contributed by atoms with van der Waals surface area (Å²) in [5, 5.41) is 21.1. The molecule has 0 aliphatic heterocycles. The van der Waals surface area contributed by atoms with Crippen molar-refractivity contribution in [2.45, 2.75) is 6.92 Å². The maximum atomic E-state index is 11.4. The molecule has 1 aromatic heterocycles. The Hall–Kier alpha value is -3.10. The van der Waals surface area contributed by atoms with Crippen molar-refractivity contribution < 1.29 is 14.6 Å². The third-order valence-corrected chi connectivity index (χ3v) is 2.75. The third-order valence-electron chi connectivity index (χ3n) is 2.75. The summed E-state index contributed by atoms with van der Waals surface area (Å²) in [4.78, 5) is 13.8. The molecule has 9 heteroatoms. The molecule has 0 spiro atoms. The molecule has 0 atom stereocenters. The number of benzene rings is 1. The van der Waals surface area contributed by atoms with E-state index in [1.807, 2.05) is 0 Å². The van der Waals surface area contributed by atoms with Crippen LogP contribution in [0.1, 0.15) is 11.3 Å². The predicted octanol–water partition coefficient (Wildman–Crippen LogP) is 0.642. The molecule has 9 nitrogen and oxygen atoms in total. The molecule has 0 aliphatic rings. The highest BCUT2D eigenvalue weighted by molar-refractivity contribution is 5.82. The number of H-pyrrole nitrogens is 1. The van der Waals surface area contributed by atoms with Gasteiger partial charge in [0.15, 0.2) is 11.5 Å². The number of aryl methyl sites for hydroxylation is 1. The number of rotatable bonds is 5. The predicted molar refractivity (Wildman–Crippen MR) is 79.8 cm³/mol. The Kier molecular flexibility index (Phi) is 4.57. The lowest BCUT2D eigenvalue weighted by molar-refractivity contribution is 0.340. The van der Waals surface area contributed by atoms with Gasteiger partial charge in [0.2, 0.25) is 11.7 Å². The fourth-order valence-corrected chi connectivity index (χ4v) is 1.60. The molecule has 1 heterocycles. The molecule has 0 saturated carbocycles. The van der Waals surface area contributed by atoms with Crippen molar-refractivity contribution in [3.05, 3.63) is 33.7 Å². The van der Waals surface area contributed by atoms with Crippen LogP contribution in [0.25, 0.3) is 0 Å². The van der Waals surface area contributed by atoms with E-state index in [2.05, 4.69) is 25.7 Å². The molecule has 0 unspecified atom stereocenters. The minimum absolute atomic E-state index is 0.0937. The van der Waals surface area contributed by atoms with Gasteiger partial charge in [-0.3, -0.25) is 9.78 Å². The largest absolute Gasteiger partial charge is 0.502 e. The van der Waals surface area contributed by atoms with Gasteiger partial charge >= 0.3 is 0 Å². The van der Waals surface area contributed by atoms with Gasteiger partial charge in [0, 0.05) is 5.56 Å². The van der Waals surface area contributed by atoms with Gasteiger partial charge in [0.25, 0.3) is 5.56 Å². The number of anilines is 1. The Balaban J connectivity index is 2.19. The standard InChI is InChI=1S/C13H15N5O4/c1-7-12(20)15-13(18-16-7)17-14-6-8-4-9(21-2)11(19)10(5-8)22-3/h4-6,19H,1-3H3,(H2,15,17,18,20)/b14-6+. The van der Waals surface area contributed by atoms with Crippen LogP contribution >= 0.6 is 0 Å². The lowest BCUT2D eigenvalue weighted by Crippen LogP contribution is -2.15. The SMILES string of the molecule is COc1cc(/C=N/Nc2nnc(C)c(=O)[nH]2)cc(OC)c1O. The summed E-state index contributed by atoms with van der Waals surface area (Å²) in [5.74, 6) is 0.530. The summed E-state index contributed by atoms with van der Waals surface area (Å²) in [7, 11) is 2.86. The first-order valence-corrected chi connectivity index (χ1v) is 6.22. The van der Waals surface area contributed by atoms with Crippen LogP contribution in [0.3, 0.4) is 0 Å². The molecule has 1 aromatic carbocycles. The van der Waals surface area contributed by atoms with Gasteiger partial charge in [-0.1, -0.05) is 0 Å². The normalized spacial score (nSPS) is 10.7. The second-order valence-corrected chi connectivity index (χ2v) is 4.23. The highest BCUT2D eigenvalue weighted by Crippen LogP contribution is 2.36. The molecule has 0 fully saturated rings. The van der Waals surface area contributed by atoms with E-state index >= 15 is 0 Å². The van der Waals surface area contributed by atoms with E-state index in [0.717, 1.165) is 0 Å². The van der Waals surface area contributed by atoms with Crippen molar-refractivity contribution in [3.63, 3.8) is 0 Å². The molecule has 22 heavy (non-hydrogen) atoms. The first-order valence-electron chi connectivity index (χ1n) is 6.22. The van der Waals surface area contributed by atoms with E-state index in [9.17, 15) is 9.90 Å². The van der Waals surface area contributed by atoms with Crippen LogP contribution in [0.5, 0.6) is 17.2 Å². The van der Waals surface area contributed by atoms with Crippen molar-refractivity contribution in [3.8, 4) is 17.2 Å². The molecule has 0 aliphatic carbocycles. The second kappa shape index (κ2) is 6.57. The number of hydrogen-bond donors (Lipinski definition) is 3. The highest BCUT2D eigenvalue weighted by atomic mass is 16.5. The number of hydrogen-bond acceptors (Lipinski definition) is 8. The number of methoxy groups -OCH3 is 2. The third kappa shape index (κ3) is 3.32. The summed E-state index contributed by atoms with van der Waals surface area (Å²) in [6, 6.07) is 3.15. The number of hydrazone groups is 1. The smallest absolute Gasteiger partial charge is 0.274 e. The molecular formula is C13H15N5O4. The lowest BCUT2D eigenvalue weighted by atomic mass is 10.2. The molecule has 2 aromatic rings. The number of phenolic OH excluding ortho intramolecular Hbond substituents is 1. The highest BCUT2D eigenvalue weighted by Gasteiger charge is 2.10. The molecule has 0 saturated heterocycles. The molecule has 116 valence electrons. The van der Waals surface area contributed by atoms with Crippen molar-refractivity contribution in [1.82, 2.24) is 15.2 Å². The Morgan fingerprint density at radius 1 is 1.27 bits per heavy atom. The van der Waals surface area contributed by atoms with Gasteiger partial charge in [0.05, 0.1) is 20.4 Å². The van der Waals surface area contributed by atoms with Crippen molar-refractivity contribution in [1.29, 1.82) is 0 Å². The number of ether oxygens (including phenoxy) is 2. The number of aromatic hydroxyl groups is 1. The van der Waals surface area contributed by atoms with Crippen LogP contribution in [-0.2, 0) is 0 Å². The van der Waals surface area contributed by atoms with E-state index in [0.29, 0.717) is 5.56 Å². The minimum Gasteiger partial charge on any atom is -0.502 e. The Morgan fingerprint density at radius 3 is 2.45 bits per heavy atom. The van der Waals surface area contributed by atoms with Crippen molar-refractivity contribution in [2.24, 2.45) is 5.10 Å². The maximum Gasteiger partial charge on any atom is 0.274 e. The monoisotopic (exact) mass is 305 g/mol. The van der Waals surface area contributed by atoms with Gasteiger partial charge in [-0.25, -0.2) is 5.43 Å². The number of aromatic amines is 1. The number of phenols is 1. The summed E-state index contributed by atoms with van der Waals surface area (Å²) in [6.45, 7) is 1.55. The Bertz CT molecular complexity index is 731.